The van der Waals surface area contributed by atoms with Crippen molar-refractivity contribution >= 4 is 17.9 Å². The van der Waals surface area contributed by atoms with E-state index >= 15 is 0 Å². The summed E-state index contributed by atoms with van der Waals surface area (Å²) in [5.41, 5.74) is 0.175. The quantitative estimate of drug-likeness (QED) is 0.327. The van der Waals surface area contributed by atoms with E-state index in [-0.39, 0.29) is 32.0 Å². The van der Waals surface area contributed by atoms with E-state index in [1.807, 2.05) is 0 Å². The molecule has 5 aliphatic rings. The van der Waals surface area contributed by atoms with Gasteiger partial charge in [0.1, 0.15) is 30.7 Å². The van der Waals surface area contributed by atoms with Crippen LogP contribution in [-0.2, 0) is 52.3 Å². The lowest BCUT2D eigenvalue weighted by atomic mass is 9.96. The van der Waals surface area contributed by atoms with Gasteiger partial charge in [0, 0.05) is 18.4 Å². The molecule has 5 heterocycles. The summed E-state index contributed by atoms with van der Waals surface area (Å²) in [7, 11) is 0. The molecule has 0 aliphatic carbocycles. The predicted octanol–water partition coefficient (Wildman–Crippen LogP) is 0.590. The Morgan fingerprint density at radius 1 is 1.00 bits per heavy atom. The van der Waals surface area contributed by atoms with E-state index in [9.17, 15) is 14.4 Å². The van der Waals surface area contributed by atoms with Crippen LogP contribution < -0.4 is 0 Å². The van der Waals surface area contributed by atoms with E-state index < -0.39 is 65.4 Å². The average molecular weight is 468 g/mol. The molecule has 4 unspecified atom stereocenters. The van der Waals surface area contributed by atoms with Gasteiger partial charge in [0.2, 0.25) is 5.79 Å². The lowest BCUT2D eigenvalue weighted by molar-refractivity contribution is -0.336. The summed E-state index contributed by atoms with van der Waals surface area (Å²) >= 11 is 0. The highest BCUT2D eigenvalue weighted by atomic mass is 16.9. The third-order valence-electron chi connectivity index (χ3n) is 7.00. The summed E-state index contributed by atoms with van der Waals surface area (Å²) in [6.45, 7) is 8.94. The molecule has 0 aromatic carbocycles. The molecule has 5 rings (SSSR count). The summed E-state index contributed by atoms with van der Waals surface area (Å²) in [4.78, 5) is 37.0. The summed E-state index contributed by atoms with van der Waals surface area (Å²) in [6.07, 6.45) is -1.70. The Balaban J connectivity index is 1.44. The van der Waals surface area contributed by atoms with Crippen molar-refractivity contribution < 1.29 is 52.3 Å². The Kier molecular flexibility index (Phi) is 5.33. The van der Waals surface area contributed by atoms with Gasteiger partial charge in [0.25, 0.3) is 0 Å². The zero-order valence-electron chi connectivity index (χ0n) is 18.8. The minimum atomic E-state index is -1.55. The molecule has 33 heavy (non-hydrogen) atoms. The molecular formula is C22H28O11. The molecule has 5 saturated heterocycles. The van der Waals surface area contributed by atoms with Crippen LogP contribution in [0.2, 0.25) is 0 Å². The van der Waals surface area contributed by atoms with Crippen molar-refractivity contribution in [1.29, 1.82) is 0 Å². The first-order valence-electron chi connectivity index (χ1n) is 11.1. The largest absolute Gasteiger partial charge is 0.465 e. The van der Waals surface area contributed by atoms with Gasteiger partial charge < -0.3 is 37.9 Å². The minimum Gasteiger partial charge on any atom is -0.465 e. The van der Waals surface area contributed by atoms with Crippen LogP contribution in [0.1, 0.15) is 33.6 Å². The van der Waals surface area contributed by atoms with Crippen LogP contribution in [0.5, 0.6) is 0 Å². The van der Waals surface area contributed by atoms with E-state index in [0.29, 0.717) is 12.8 Å². The van der Waals surface area contributed by atoms with Gasteiger partial charge in [-0.1, -0.05) is 6.58 Å². The molecular weight excluding hydrogens is 440 g/mol. The van der Waals surface area contributed by atoms with Crippen LogP contribution in [0.15, 0.2) is 12.2 Å². The van der Waals surface area contributed by atoms with Crippen LogP contribution in [0, 0.1) is 11.8 Å². The van der Waals surface area contributed by atoms with Crippen molar-refractivity contribution in [2.75, 3.05) is 26.4 Å². The Bertz CT molecular complexity index is 862. The van der Waals surface area contributed by atoms with Crippen LogP contribution in [-0.4, -0.2) is 80.0 Å². The van der Waals surface area contributed by atoms with Gasteiger partial charge >= 0.3 is 17.9 Å². The van der Waals surface area contributed by atoms with E-state index in [1.165, 1.54) is 6.92 Å². The van der Waals surface area contributed by atoms with Crippen molar-refractivity contribution in [3.8, 4) is 0 Å². The second-order valence-corrected chi connectivity index (χ2v) is 9.41. The molecule has 0 saturated carbocycles. The summed E-state index contributed by atoms with van der Waals surface area (Å²) in [5, 5.41) is 0. The normalized spacial score (nSPS) is 46.8. The lowest BCUT2D eigenvalue weighted by Gasteiger charge is -2.43. The van der Waals surface area contributed by atoms with Gasteiger partial charge in [-0.3, -0.25) is 9.59 Å². The standard InChI is InChI=1S/C22H28O11/c1-11(2)17(23)30-16-15-14(31-21(4,32-15)13-6-8-27-19(13)25)9-28-22(16)10-29-20(3,33-22)12-5-7-26-18(12)24/h12-16H,1,5-10H2,2-4H3/t12?,13?,14-,15-,16+,20?,21?,22+/m1/s1. The first-order chi connectivity index (χ1) is 15.6. The molecule has 8 atom stereocenters. The number of carbonyl (C=O) groups excluding carboxylic acids is 3. The number of cyclic esters (lactones) is 2. The number of ether oxygens (including phenoxy) is 8. The highest BCUT2D eigenvalue weighted by molar-refractivity contribution is 5.87. The number of fused-ring (bicyclic) bond motifs is 1. The topological polar surface area (TPSA) is 125 Å². The van der Waals surface area contributed by atoms with Gasteiger partial charge in [0.15, 0.2) is 17.7 Å². The number of carbonyl (C=O) groups is 3. The van der Waals surface area contributed by atoms with Gasteiger partial charge in [-0.25, -0.2) is 4.79 Å². The molecule has 5 aliphatic heterocycles. The predicted molar refractivity (Wildman–Crippen MR) is 105 cm³/mol. The smallest absolute Gasteiger partial charge is 0.333 e. The van der Waals surface area contributed by atoms with Crippen molar-refractivity contribution in [3.05, 3.63) is 12.2 Å². The van der Waals surface area contributed by atoms with Gasteiger partial charge in [-0.05, 0) is 20.8 Å². The number of hydrogen-bond donors (Lipinski definition) is 0. The highest BCUT2D eigenvalue weighted by Crippen LogP contribution is 2.50. The fourth-order valence-electron chi connectivity index (χ4n) is 5.19. The summed E-state index contributed by atoms with van der Waals surface area (Å²) in [6, 6.07) is 0. The Morgan fingerprint density at radius 3 is 2.21 bits per heavy atom. The van der Waals surface area contributed by atoms with Crippen LogP contribution in [0.4, 0.5) is 0 Å². The minimum absolute atomic E-state index is 0.0394. The molecule has 0 amide bonds. The third-order valence-corrected chi connectivity index (χ3v) is 7.00. The lowest BCUT2D eigenvalue weighted by Crippen LogP contribution is -2.63. The maximum absolute atomic E-state index is 12.6. The fourth-order valence-corrected chi connectivity index (χ4v) is 5.19. The maximum atomic E-state index is 12.6. The molecule has 11 nitrogen and oxygen atoms in total. The molecule has 11 heteroatoms. The van der Waals surface area contributed by atoms with E-state index in [1.54, 1.807) is 13.8 Å². The summed E-state index contributed by atoms with van der Waals surface area (Å²) < 4.78 is 46.6. The second kappa shape index (κ2) is 7.74. The maximum Gasteiger partial charge on any atom is 0.333 e. The molecule has 0 aromatic heterocycles. The number of esters is 3. The van der Waals surface area contributed by atoms with E-state index in [4.69, 9.17) is 37.9 Å². The van der Waals surface area contributed by atoms with Crippen molar-refractivity contribution in [3.63, 3.8) is 0 Å². The van der Waals surface area contributed by atoms with Crippen molar-refractivity contribution in [2.24, 2.45) is 11.8 Å². The first kappa shape index (κ1) is 22.7. The monoisotopic (exact) mass is 468 g/mol. The Hall–Kier alpha value is -2.05. The SMILES string of the molecule is C=C(C)C(=O)O[C@H]1[C@@H]2OC(C)(C3CCOC3=O)O[C@@H]2CO[C@]12COC(C)(C1CCOC1=O)O2. The van der Waals surface area contributed by atoms with Crippen molar-refractivity contribution in [2.45, 2.75) is 69.3 Å². The Morgan fingerprint density at radius 2 is 1.64 bits per heavy atom. The number of rotatable bonds is 4. The van der Waals surface area contributed by atoms with Gasteiger partial charge in [-0.15, -0.1) is 0 Å². The zero-order valence-corrected chi connectivity index (χ0v) is 18.8. The van der Waals surface area contributed by atoms with Crippen LogP contribution in [0.3, 0.4) is 0 Å². The second-order valence-electron chi connectivity index (χ2n) is 9.41. The van der Waals surface area contributed by atoms with E-state index in [2.05, 4.69) is 6.58 Å². The molecule has 0 N–H and O–H groups in total. The molecule has 1 spiro atoms. The first-order valence-corrected chi connectivity index (χ1v) is 11.1. The number of hydrogen-bond acceptors (Lipinski definition) is 11. The molecule has 0 radical (unpaired) electrons. The third kappa shape index (κ3) is 3.57. The molecule has 0 bridgehead atoms. The Labute approximate surface area is 190 Å². The van der Waals surface area contributed by atoms with Crippen LogP contribution >= 0.6 is 0 Å². The van der Waals surface area contributed by atoms with Crippen LogP contribution in [0.25, 0.3) is 0 Å². The summed E-state index contributed by atoms with van der Waals surface area (Å²) in [5.74, 6) is -6.96. The molecule has 0 aromatic rings. The zero-order chi connectivity index (χ0) is 23.6. The fraction of sp³-hybridized carbons (Fsp3) is 0.773. The van der Waals surface area contributed by atoms with E-state index in [0.717, 1.165) is 0 Å². The average Bonchev–Trinajstić information content (AvgIpc) is 3.52. The molecule has 182 valence electrons. The van der Waals surface area contributed by atoms with Gasteiger partial charge in [-0.2, -0.15) is 0 Å². The van der Waals surface area contributed by atoms with Crippen molar-refractivity contribution in [1.82, 2.24) is 0 Å². The van der Waals surface area contributed by atoms with Gasteiger partial charge in [0.05, 0.1) is 19.8 Å². The highest BCUT2D eigenvalue weighted by Gasteiger charge is 2.68. The molecule has 5 fully saturated rings.